The molecule has 1 aliphatic heterocycles. The molecule has 0 bridgehead atoms. The van der Waals surface area contributed by atoms with Gasteiger partial charge >= 0.3 is 5.97 Å². The van der Waals surface area contributed by atoms with Crippen LogP contribution >= 0.6 is 23.5 Å². The number of methoxy groups -OCH3 is 1. The van der Waals surface area contributed by atoms with Crippen molar-refractivity contribution in [1.82, 2.24) is 9.97 Å². The van der Waals surface area contributed by atoms with Gasteiger partial charge in [0.05, 0.1) is 18.6 Å². The average Bonchev–Trinajstić information content (AvgIpc) is 2.52. The molecule has 0 atom stereocenters. The van der Waals surface area contributed by atoms with Gasteiger partial charge in [0.15, 0.2) is 5.16 Å². The first-order valence-electron chi connectivity index (χ1n) is 6.46. The third-order valence-electron chi connectivity index (χ3n) is 3.16. The summed E-state index contributed by atoms with van der Waals surface area (Å²) in [6, 6.07) is 6.41. The maximum absolute atomic E-state index is 11.2. The highest BCUT2D eigenvalue weighted by Crippen LogP contribution is 2.40. The molecule has 6 heteroatoms. The van der Waals surface area contributed by atoms with Crippen molar-refractivity contribution in [3.8, 4) is 11.3 Å². The first kappa shape index (κ1) is 14.4. The second-order valence-electron chi connectivity index (χ2n) is 4.68. The third-order valence-corrected chi connectivity index (χ3v) is 5.12. The molecule has 0 fully saturated rings. The van der Waals surface area contributed by atoms with Gasteiger partial charge < -0.3 is 4.74 Å². The van der Waals surface area contributed by atoms with Crippen LogP contribution in [0.4, 0.5) is 0 Å². The molecular weight excluding hydrogens is 304 g/mol. The largest absolute Gasteiger partial charge is 0.468 e. The summed E-state index contributed by atoms with van der Waals surface area (Å²) in [6.45, 7) is 2.08. The highest BCUT2D eigenvalue weighted by molar-refractivity contribution is 7.99. The van der Waals surface area contributed by atoms with Gasteiger partial charge in [-0.15, -0.1) is 11.8 Å². The molecule has 0 aliphatic carbocycles. The van der Waals surface area contributed by atoms with E-state index in [1.165, 1.54) is 29.3 Å². The van der Waals surface area contributed by atoms with Gasteiger partial charge in [0.2, 0.25) is 0 Å². The topological polar surface area (TPSA) is 52.1 Å². The summed E-state index contributed by atoms with van der Waals surface area (Å²) in [5, 5.41) is 0.610. The van der Waals surface area contributed by atoms with Gasteiger partial charge in [-0.25, -0.2) is 9.97 Å². The lowest BCUT2D eigenvalue weighted by Crippen LogP contribution is -2.06. The molecule has 2 aromatic rings. The van der Waals surface area contributed by atoms with Crippen LogP contribution in [0, 0.1) is 6.92 Å². The predicted octanol–water partition coefficient (Wildman–Crippen LogP) is 3.32. The number of thioether (sulfide) groups is 2. The molecule has 3 rings (SSSR count). The summed E-state index contributed by atoms with van der Waals surface area (Å²) in [5.41, 5.74) is 4.49. The molecule has 108 valence electrons. The van der Waals surface area contributed by atoms with E-state index in [-0.39, 0.29) is 11.7 Å². The molecule has 0 saturated heterocycles. The van der Waals surface area contributed by atoms with Crippen LogP contribution in [-0.2, 0) is 15.3 Å². The van der Waals surface area contributed by atoms with Crippen molar-refractivity contribution >= 4 is 29.5 Å². The van der Waals surface area contributed by atoms with Crippen LogP contribution in [0.1, 0.15) is 11.1 Å². The summed E-state index contributed by atoms with van der Waals surface area (Å²) >= 11 is 3.11. The number of esters is 1. The van der Waals surface area contributed by atoms with Gasteiger partial charge in [-0.2, -0.15) is 0 Å². The number of ether oxygens (including phenoxy) is 1. The molecule has 4 nitrogen and oxygen atoms in total. The second-order valence-corrected chi connectivity index (χ2v) is 6.64. The fraction of sp³-hybridized carbons (Fsp3) is 0.267. The van der Waals surface area contributed by atoms with Crippen molar-refractivity contribution in [3.63, 3.8) is 0 Å². The number of hydrogen-bond acceptors (Lipinski definition) is 6. The number of fused-ring (bicyclic) bond motifs is 3. The van der Waals surface area contributed by atoms with E-state index in [4.69, 9.17) is 0 Å². The summed E-state index contributed by atoms with van der Waals surface area (Å²) in [4.78, 5) is 21.4. The summed E-state index contributed by atoms with van der Waals surface area (Å²) in [6.07, 6.45) is 1.86. The smallest absolute Gasteiger partial charge is 0.316 e. The fourth-order valence-electron chi connectivity index (χ4n) is 2.09. The maximum Gasteiger partial charge on any atom is 0.316 e. The lowest BCUT2D eigenvalue weighted by molar-refractivity contribution is -0.137. The number of carbonyl (C=O) groups is 1. The molecule has 1 aromatic carbocycles. The minimum absolute atomic E-state index is 0.227. The van der Waals surface area contributed by atoms with Crippen molar-refractivity contribution in [2.75, 3.05) is 12.9 Å². The van der Waals surface area contributed by atoms with Crippen LogP contribution in [0.25, 0.3) is 11.3 Å². The van der Waals surface area contributed by atoms with Gasteiger partial charge in [-0.3, -0.25) is 4.79 Å². The van der Waals surface area contributed by atoms with Crippen LogP contribution in [-0.4, -0.2) is 28.8 Å². The van der Waals surface area contributed by atoms with E-state index in [1.807, 2.05) is 6.20 Å². The lowest BCUT2D eigenvalue weighted by Gasteiger charge is -2.18. The van der Waals surface area contributed by atoms with Crippen LogP contribution in [0.3, 0.4) is 0 Å². The van der Waals surface area contributed by atoms with Crippen molar-refractivity contribution in [1.29, 1.82) is 0 Å². The Morgan fingerprint density at radius 2 is 2.33 bits per heavy atom. The van der Waals surface area contributed by atoms with Gasteiger partial charge in [0.25, 0.3) is 0 Å². The Morgan fingerprint density at radius 1 is 1.48 bits per heavy atom. The quantitative estimate of drug-likeness (QED) is 0.491. The minimum atomic E-state index is -0.270. The fourth-order valence-corrected chi connectivity index (χ4v) is 3.74. The average molecular weight is 318 g/mol. The first-order valence-corrected chi connectivity index (χ1v) is 8.44. The molecule has 21 heavy (non-hydrogen) atoms. The van der Waals surface area contributed by atoms with E-state index in [0.717, 1.165) is 22.6 Å². The Labute approximate surface area is 131 Å². The van der Waals surface area contributed by atoms with Crippen LogP contribution in [0.5, 0.6) is 0 Å². The Balaban J connectivity index is 1.94. The summed E-state index contributed by atoms with van der Waals surface area (Å²) in [7, 11) is 1.38. The van der Waals surface area contributed by atoms with Crippen molar-refractivity contribution in [2.45, 2.75) is 22.7 Å². The summed E-state index contributed by atoms with van der Waals surface area (Å²) in [5.74, 6) is 0.839. The number of hydrogen-bond donors (Lipinski definition) is 0. The lowest BCUT2D eigenvalue weighted by atomic mass is 10.1. The van der Waals surface area contributed by atoms with Gasteiger partial charge in [0, 0.05) is 28.0 Å². The van der Waals surface area contributed by atoms with E-state index in [0.29, 0.717) is 5.16 Å². The van der Waals surface area contributed by atoms with Gasteiger partial charge in [0.1, 0.15) is 0 Å². The zero-order valence-corrected chi connectivity index (χ0v) is 13.4. The molecular formula is C15H14N2O2S2. The zero-order chi connectivity index (χ0) is 14.8. The molecule has 1 aliphatic rings. The Bertz CT molecular complexity index is 704. The molecule has 0 saturated carbocycles. The number of carbonyl (C=O) groups excluding carboxylic acids is 1. The van der Waals surface area contributed by atoms with Gasteiger partial charge in [-0.1, -0.05) is 23.4 Å². The van der Waals surface area contributed by atoms with E-state index < -0.39 is 0 Å². The Hall–Kier alpha value is -1.53. The normalized spacial score (nSPS) is 12.5. The first-order chi connectivity index (χ1) is 10.2. The van der Waals surface area contributed by atoms with Crippen molar-refractivity contribution < 1.29 is 9.53 Å². The monoisotopic (exact) mass is 318 g/mol. The van der Waals surface area contributed by atoms with Crippen LogP contribution in [0.2, 0.25) is 0 Å². The third kappa shape index (κ3) is 3.06. The van der Waals surface area contributed by atoms with E-state index in [9.17, 15) is 4.79 Å². The molecule has 1 aromatic heterocycles. The predicted molar refractivity (Wildman–Crippen MR) is 84.5 cm³/mol. The summed E-state index contributed by atoms with van der Waals surface area (Å²) < 4.78 is 4.64. The maximum atomic E-state index is 11.2. The SMILES string of the molecule is COC(=O)CSc1ncc2c(n1)-c1cc(C)ccc1SC2. The van der Waals surface area contributed by atoms with Gasteiger partial charge in [-0.05, 0) is 19.1 Å². The number of aryl methyl sites for hydroxylation is 1. The van der Waals surface area contributed by atoms with Crippen LogP contribution in [0.15, 0.2) is 34.4 Å². The Morgan fingerprint density at radius 3 is 3.14 bits per heavy atom. The number of nitrogens with zero attached hydrogens (tertiary/aromatic N) is 2. The number of rotatable bonds is 3. The molecule has 0 N–H and O–H groups in total. The molecule has 2 heterocycles. The highest BCUT2D eigenvalue weighted by atomic mass is 32.2. The molecule has 0 unspecified atom stereocenters. The Kier molecular flexibility index (Phi) is 4.17. The standard InChI is InChI=1S/C15H14N2O2S2/c1-9-3-4-12-11(5-9)14-10(7-20-12)6-16-15(17-14)21-8-13(18)19-2/h3-6H,7-8H2,1-2H3. The second kappa shape index (κ2) is 6.07. The van der Waals surface area contributed by atoms with E-state index >= 15 is 0 Å². The van der Waals surface area contributed by atoms with E-state index in [2.05, 4.69) is 39.8 Å². The molecule has 0 radical (unpaired) electrons. The van der Waals surface area contributed by atoms with Crippen LogP contribution < -0.4 is 0 Å². The zero-order valence-electron chi connectivity index (χ0n) is 11.8. The highest BCUT2D eigenvalue weighted by Gasteiger charge is 2.19. The number of aromatic nitrogens is 2. The van der Waals surface area contributed by atoms with E-state index in [1.54, 1.807) is 11.8 Å². The van der Waals surface area contributed by atoms with Crippen molar-refractivity contribution in [3.05, 3.63) is 35.5 Å². The van der Waals surface area contributed by atoms with Crippen molar-refractivity contribution in [2.24, 2.45) is 0 Å². The molecule has 0 spiro atoms. The molecule has 0 amide bonds. The number of benzene rings is 1. The minimum Gasteiger partial charge on any atom is -0.468 e.